The van der Waals surface area contributed by atoms with Crippen LogP contribution in [-0.4, -0.2) is 35.6 Å². The van der Waals surface area contributed by atoms with Crippen molar-refractivity contribution < 1.29 is 9.90 Å². The van der Waals surface area contributed by atoms with Crippen molar-refractivity contribution >= 4 is 17.2 Å². The maximum absolute atomic E-state index is 12.4. The summed E-state index contributed by atoms with van der Waals surface area (Å²) in [5.74, 6) is 6.78. The van der Waals surface area contributed by atoms with Crippen molar-refractivity contribution in [3.8, 4) is 11.8 Å². The molecule has 4 heteroatoms. The molecule has 0 aromatic carbocycles. The van der Waals surface area contributed by atoms with E-state index in [4.69, 9.17) is 5.11 Å². The van der Waals surface area contributed by atoms with Gasteiger partial charge in [0.15, 0.2) is 0 Å². The monoisotopic (exact) mass is 291 g/mol. The van der Waals surface area contributed by atoms with Gasteiger partial charge in [0.25, 0.3) is 5.91 Å². The van der Waals surface area contributed by atoms with Crippen LogP contribution >= 0.6 is 11.3 Å². The van der Waals surface area contributed by atoms with Crippen LogP contribution in [0.5, 0.6) is 0 Å². The van der Waals surface area contributed by atoms with E-state index in [9.17, 15) is 4.79 Å². The number of thiophene rings is 1. The first-order chi connectivity index (χ1) is 9.74. The molecule has 1 fully saturated rings. The fourth-order valence-electron chi connectivity index (χ4n) is 2.43. The summed E-state index contributed by atoms with van der Waals surface area (Å²) in [5, 5.41) is 8.69. The molecule has 0 aliphatic carbocycles. The molecular formula is C16H21NO2S. The highest BCUT2D eigenvalue weighted by atomic mass is 32.1. The molecule has 108 valence electrons. The SMILES string of the molecule is CCC1CCN(C(=O)c2ccc(C#CCCO)s2)CC1. The minimum absolute atomic E-state index is 0.0799. The molecule has 0 radical (unpaired) electrons. The second-order valence-corrected chi connectivity index (χ2v) is 6.17. The van der Waals surface area contributed by atoms with Crippen LogP contribution in [0.25, 0.3) is 0 Å². The summed E-state index contributed by atoms with van der Waals surface area (Å²) in [7, 11) is 0. The van der Waals surface area contributed by atoms with Crippen LogP contribution in [0.1, 0.15) is 47.2 Å². The van der Waals surface area contributed by atoms with E-state index in [2.05, 4.69) is 18.8 Å². The number of hydrogen-bond acceptors (Lipinski definition) is 3. The molecule has 0 bridgehead atoms. The Labute approximate surface area is 124 Å². The normalized spacial score (nSPS) is 15.8. The molecule has 1 aliphatic rings. The lowest BCUT2D eigenvalue weighted by atomic mass is 9.94. The maximum Gasteiger partial charge on any atom is 0.263 e. The molecule has 2 heterocycles. The van der Waals surface area contributed by atoms with Gasteiger partial charge in [0.05, 0.1) is 16.4 Å². The summed E-state index contributed by atoms with van der Waals surface area (Å²) in [6.07, 6.45) is 3.94. The lowest BCUT2D eigenvalue weighted by molar-refractivity contribution is 0.0693. The Morgan fingerprint density at radius 1 is 1.45 bits per heavy atom. The van der Waals surface area contributed by atoms with Gasteiger partial charge in [-0.15, -0.1) is 11.3 Å². The largest absolute Gasteiger partial charge is 0.395 e. The summed E-state index contributed by atoms with van der Waals surface area (Å²) in [6, 6.07) is 3.75. The number of amides is 1. The molecule has 0 spiro atoms. The number of piperidine rings is 1. The number of rotatable bonds is 3. The number of aliphatic hydroxyl groups excluding tert-OH is 1. The van der Waals surface area contributed by atoms with Gasteiger partial charge in [-0.3, -0.25) is 4.79 Å². The first kappa shape index (κ1) is 15.1. The van der Waals surface area contributed by atoms with Gasteiger partial charge in [0.1, 0.15) is 0 Å². The molecule has 2 rings (SSSR count). The molecular weight excluding hydrogens is 270 g/mol. The zero-order valence-electron chi connectivity index (χ0n) is 11.9. The minimum Gasteiger partial charge on any atom is -0.395 e. The van der Waals surface area contributed by atoms with Gasteiger partial charge in [-0.05, 0) is 30.9 Å². The lowest BCUT2D eigenvalue weighted by Crippen LogP contribution is -2.37. The highest BCUT2D eigenvalue weighted by molar-refractivity contribution is 7.14. The number of hydrogen-bond donors (Lipinski definition) is 1. The average molecular weight is 291 g/mol. The topological polar surface area (TPSA) is 40.5 Å². The predicted octanol–water partition coefficient (Wildman–Crippen LogP) is 2.74. The second-order valence-electron chi connectivity index (χ2n) is 5.08. The minimum atomic E-state index is 0.0799. The number of carbonyl (C=O) groups excluding carboxylic acids is 1. The van der Waals surface area contributed by atoms with Gasteiger partial charge in [0, 0.05) is 19.5 Å². The van der Waals surface area contributed by atoms with E-state index in [0.717, 1.165) is 41.6 Å². The van der Waals surface area contributed by atoms with Crippen LogP contribution in [0.4, 0.5) is 0 Å². The molecule has 1 aliphatic heterocycles. The molecule has 0 atom stereocenters. The Bertz CT molecular complexity index is 504. The van der Waals surface area contributed by atoms with Gasteiger partial charge < -0.3 is 10.0 Å². The summed E-state index contributed by atoms with van der Waals surface area (Å²) in [5.41, 5.74) is 0. The number of likely N-dealkylation sites (tertiary alicyclic amines) is 1. The Kier molecular flexibility index (Phi) is 5.63. The Hall–Kier alpha value is -1.31. The number of carbonyl (C=O) groups is 1. The standard InChI is InChI=1S/C16H21NO2S/c1-2-13-8-10-17(11-9-13)16(19)15-7-6-14(20-15)5-3-4-12-18/h6-7,13,18H,2,4,8-12H2,1H3. The number of aliphatic hydroxyl groups is 1. The first-order valence-corrected chi connectivity index (χ1v) is 8.05. The van der Waals surface area contributed by atoms with E-state index in [1.54, 1.807) is 0 Å². The van der Waals surface area contributed by atoms with E-state index in [-0.39, 0.29) is 12.5 Å². The van der Waals surface area contributed by atoms with Crippen molar-refractivity contribution in [3.63, 3.8) is 0 Å². The smallest absolute Gasteiger partial charge is 0.263 e. The Morgan fingerprint density at radius 3 is 2.85 bits per heavy atom. The number of nitrogens with zero attached hydrogens (tertiary/aromatic N) is 1. The van der Waals surface area contributed by atoms with E-state index in [1.165, 1.54) is 17.8 Å². The van der Waals surface area contributed by atoms with Crippen LogP contribution in [0.15, 0.2) is 12.1 Å². The Morgan fingerprint density at radius 2 is 2.20 bits per heavy atom. The van der Waals surface area contributed by atoms with E-state index < -0.39 is 0 Å². The van der Waals surface area contributed by atoms with Crippen molar-refractivity contribution in [2.24, 2.45) is 5.92 Å². The van der Waals surface area contributed by atoms with E-state index >= 15 is 0 Å². The first-order valence-electron chi connectivity index (χ1n) is 7.23. The summed E-state index contributed by atoms with van der Waals surface area (Å²) in [6.45, 7) is 4.05. The molecule has 1 aromatic rings. The van der Waals surface area contributed by atoms with Crippen LogP contribution < -0.4 is 0 Å². The van der Waals surface area contributed by atoms with Crippen molar-refractivity contribution in [3.05, 3.63) is 21.9 Å². The maximum atomic E-state index is 12.4. The molecule has 20 heavy (non-hydrogen) atoms. The van der Waals surface area contributed by atoms with E-state index in [1.807, 2.05) is 17.0 Å². The Balaban J connectivity index is 1.95. The molecule has 0 unspecified atom stereocenters. The van der Waals surface area contributed by atoms with E-state index in [0.29, 0.717) is 6.42 Å². The lowest BCUT2D eigenvalue weighted by Gasteiger charge is -2.31. The quantitative estimate of drug-likeness (QED) is 0.870. The second kappa shape index (κ2) is 7.47. The highest BCUT2D eigenvalue weighted by Crippen LogP contribution is 2.23. The average Bonchev–Trinajstić information content (AvgIpc) is 2.96. The zero-order valence-corrected chi connectivity index (χ0v) is 12.7. The fraction of sp³-hybridized carbons (Fsp3) is 0.562. The van der Waals surface area contributed by atoms with Gasteiger partial charge in [-0.25, -0.2) is 0 Å². The zero-order chi connectivity index (χ0) is 14.4. The summed E-state index contributed by atoms with van der Waals surface area (Å²) < 4.78 is 0. The van der Waals surface area contributed by atoms with Crippen LogP contribution in [0.3, 0.4) is 0 Å². The van der Waals surface area contributed by atoms with Gasteiger partial charge in [-0.1, -0.05) is 25.2 Å². The third-order valence-corrected chi connectivity index (χ3v) is 4.73. The van der Waals surface area contributed by atoms with Crippen molar-refractivity contribution in [1.82, 2.24) is 4.90 Å². The molecule has 1 aromatic heterocycles. The molecule has 1 N–H and O–H groups in total. The highest BCUT2D eigenvalue weighted by Gasteiger charge is 2.23. The third-order valence-electron chi connectivity index (χ3n) is 3.74. The van der Waals surface area contributed by atoms with Crippen molar-refractivity contribution in [2.75, 3.05) is 19.7 Å². The van der Waals surface area contributed by atoms with Crippen molar-refractivity contribution in [1.29, 1.82) is 0 Å². The molecule has 0 saturated carbocycles. The summed E-state index contributed by atoms with van der Waals surface area (Å²) >= 11 is 1.45. The van der Waals surface area contributed by atoms with Crippen LogP contribution in [0.2, 0.25) is 0 Å². The fourth-order valence-corrected chi connectivity index (χ4v) is 3.27. The third kappa shape index (κ3) is 3.84. The van der Waals surface area contributed by atoms with Crippen LogP contribution in [0, 0.1) is 17.8 Å². The van der Waals surface area contributed by atoms with Crippen LogP contribution in [-0.2, 0) is 0 Å². The predicted molar refractivity (Wildman–Crippen MR) is 81.8 cm³/mol. The molecule has 1 saturated heterocycles. The van der Waals surface area contributed by atoms with Crippen molar-refractivity contribution in [2.45, 2.75) is 32.6 Å². The van der Waals surface area contributed by atoms with Gasteiger partial charge in [-0.2, -0.15) is 0 Å². The van der Waals surface area contributed by atoms with Gasteiger partial charge in [0.2, 0.25) is 0 Å². The molecule has 1 amide bonds. The summed E-state index contributed by atoms with van der Waals surface area (Å²) in [4.78, 5) is 16.0. The molecule has 3 nitrogen and oxygen atoms in total. The van der Waals surface area contributed by atoms with Gasteiger partial charge >= 0.3 is 0 Å².